The quantitative estimate of drug-likeness (QED) is 0.687. The van der Waals surface area contributed by atoms with Gasteiger partial charge in [0.25, 0.3) is 5.69 Å². The molecule has 0 saturated heterocycles. The summed E-state index contributed by atoms with van der Waals surface area (Å²) in [5.74, 6) is 0. The van der Waals surface area contributed by atoms with Crippen molar-refractivity contribution in [3.05, 3.63) is 46.2 Å². The minimum absolute atomic E-state index is 0.693. The second-order valence-corrected chi connectivity index (χ2v) is 4.31. The van der Waals surface area contributed by atoms with Crippen molar-refractivity contribution in [2.24, 2.45) is 0 Å². The van der Waals surface area contributed by atoms with E-state index in [9.17, 15) is 4.91 Å². The number of nitrogens with one attached hydrogen (secondary N) is 1. The van der Waals surface area contributed by atoms with Gasteiger partial charge >= 0.3 is 5.00 Å². The number of para-hydroxylation sites is 2. The summed E-state index contributed by atoms with van der Waals surface area (Å²) in [7, 11) is 0. The normalized spacial score (nSPS) is 13.7. The Morgan fingerprint density at radius 2 is 2.13 bits per heavy atom. The Bertz CT molecular complexity index is 533. The van der Waals surface area contributed by atoms with Crippen LogP contribution in [0.4, 0.5) is 16.4 Å². The van der Waals surface area contributed by atoms with E-state index in [2.05, 4.69) is 5.32 Å². The second kappa shape index (κ2) is 3.17. The van der Waals surface area contributed by atoms with Crippen LogP contribution >= 0.6 is 11.3 Å². The molecule has 0 amide bonds. The zero-order chi connectivity index (χ0) is 10.3. The van der Waals surface area contributed by atoms with Gasteiger partial charge < -0.3 is 5.32 Å². The summed E-state index contributed by atoms with van der Waals surface area (Å²) in [6.07, 6.45) is 0. The number of hydrogen-bond acceptors (Lipinski definition) is 3. The van der Waals surface area contributed by atoms with Crippen molar-refractivity contribution in [2.45, 2.75) is 6.54 Å². The maximum atomic E-state index is 12.1. The Kier molecular flexibility index (Phi) is 1.82. The van der Waals surface area contributed by atoms with Gasteiger partial charge in [-0.25, -0.2) is 0 Å². The van der Waals surface area contributed by atoms with Crippen LogP contribution in [0.2, 0.25) is 0 Å². The van der Waals surface area contributed by atoms with Crippen LogP contribution in [-0.4, -0.2) is 0 Å². The molecule has 74 valence electrons. The van der Waals surface area contributed by atoms with E-state index < -0.39 is 0 Å². The van der Waals surface area contributed by atoms with Crippen LogP contribution in [0.25, 0.3) is 0 Å². The van der Waals surface area contributed by atoms with Crippen molar-refractivity contribution in [3.63, 3.8) is 0 Å². The number of anilines is 1. The highest BCUT2D eigenvalue weighted by atomic mass is 32.1. The highest BCUT2D eigenvalue weighted by Gasteiger charge is 2.29. The number of nitrogens with zero attached hydrogens (tertiary/aromatic N) is 1. The number of thiophene rings is 1. The molecule has 3 nitrogen and oxygen atoms in total. The monoisotopic (exact) mass is 217 g/mol. The van der Waals surface area contributed by atoms with Gasteiger partial charge in [0, 0.05) is 17.5 Å². The lowest BCUT2D eigenvalue weighted by molar-refractivity contribution is 1.08. The number of rotatable bonds is 0. The Morgan fingerprint density at radius 1 is 1.27 bits per heavy atom. The Labute approximate surface area is 90.9 Å². The molecule has 15 heavy (non-hydrogen) atoms. The predicted molar refractivity (Wildman–Crippen MR) is 62.9 cm³/mol. The Hall–Kier alpha value is -1.68. The first-order valence-electron chi connectivity index (χ1n) is 4.73. The molecule has 0 fully saturated rings. The van der Waals surface area contributed by atoms with E-state index in [1.165, 1.54) is 11.3 Å². The van der Waals surface area contributed by atoms with Crippen molar-refractivity contribution < 1.29 is 0 Å². The average molecular weight is 217 g/mol. The van der Waals surface area contributed by atoms with E-state index in [0.717, 1.165) is 21.0 Å². The zero-order valence-electron chi connectivity index (χ0n) is 7.93. The SMILES string of the molecule is O=[N+]1c2ccccc2NCc2ccsc21. The molecule has 0 saturated carbocycles. The number of benzene rings is 1. The smallest absolute Gasteiger partial charge is 0.323 e. The fraction of sp³-hybridized carbons (Fsp3) is 0.0909. The number of nitroso groups, excluding NO2 is 1. The van der Waals surface area contributed by atoms with Crippen LogP contribution in [-0.2, 0) is 6.54 Å². The molecule has 0 atom stereocenters. The standard InChI is InChI=1S/C11H9N2OS/c14-13-10-4-2-1-3-9(10)12-7-8-5-6-15-11(8)13/h1-6,12H,7H2/q+1. The third-order valence-electron chi connectivity index (χ3n) is 2.50. The van der Waals surface area contributed by atoms with Crippen molar-refractivity contribution in [1.82, 2.24) is 4.76 Å². The predicted octanol–water partition coefficient (Wildman–Crippen LogP) is 3.27. The lowest BCUT2D eigenvalue weighted by Crippen LogP contribution is -1.97. The van der Waals surface area contributed by atoms with Gasteiger partial charge in [0.05, 0.1) is 10.3 Å². The lowest BCUT2D eigenvalue weighted by atomic mass is 10.2. The first-order valence-corrected chi connectivity index (χ1v) is 5.61. The van der Waals surface area contributed by atoms with Crippen molar-refractivity contribution >= 4 is 27.7 Å². The first-order chi connectivity index (χ1) is 7.36. The Morgan fingerprint density at radius 3 is 3.07 bits per heavy atom. The molecule has 0 aliphatic carbocycles. The van der Waals surface area contributed by atoms with E-state index in [0.29, 0.717) is 12.2 Å². The van der Waals surface area contributed by atoms with Gasteiger partial charge in [0.2, 0.25) is 0 Å². The number of fused-ring (bicyclic) bond motifs is 2. The molecule has 0 radical (unpaired) electrons. The zero-order valence-corrected chi connectivity index (χ0v) is 8.75. The maximum Gasteiger partial charge on any atom is 0.323 e. The molecule has 2 heterocycles. The summed E-state index contributed by atoms with van der Waals surface area (Å²) in [5.41, 5.74) is 2.65. The van der Waals surface area contributed by atoms with E-state index in [1.807, 2.05) is 35.7 Å². The second-order valence-electron chi connectivity index (χ2n) is 3.42. The highest BCUT2D eigenvalue weighted by molar-refractivity contribution is 7.14. The van der Waals surface area contributed by atoms with Gasteiger partial charge in [-0.05, 0) is 17.5 Å². The van der Waals surface area contributed by atoms with E-state index in [1.54, 1.807) is 0 Å². The van der Waals surface area contributed by atoms with Crippen molar-refractivity contribution in [2.75, 3.05) is 5.32 Å². The lowest BCUT2D eigenvalue weighted by Gasteiger charge is -1.99. The third-order valence-corrected chi connectivity index (χ3v) is 3.42. The summed E-state index contributed by atoms with van der Waals surface area (Å²) >= 11 is 1.48. The molecule has 0 spiro atoms. The molecule has 1 aromatic heterocycles. The molecule has 1 N–H and O–H groups in total. The van der Waals surface area contributed by atoms with Gasteiger partial charge in [0.1, 0.15) is 5.69 Å². The van der Waals surface area contributed by atoms with Crippen LogP contribution in [0.15, 0.2) is 35.7 Å². The van der Waals surface area contributed by atoms with Gasteiger partial charge in [-0.3, -0.25) is 0 Å². The molecule has 1 aliphatic rings. The van der Waals surface area contributed by atoms with Gasteiger partial charge in [-0.15, -0.1) is 0 Å². The van der Waals surface area contributed by atoms with Crippen LogP contribution in [0.5, 0.6) is 0 Å². The van der Waals surface area contributed by atoms with Crippen molar-refractivity contribution in [1.29, 1.82) is 0 Å². The maximum absolute atomic E-state index is 12.1. The molecule has 0 bridgehead atoms. The van der Waals surface area contributed by atoms with Crippen LogP contribution in [0.1, 0.15) is 5.56 Å². The summed E-state index contributed by atoms with van der Waals surface area (Å²) < 4.78 is 1.01. The molecule has 1 aliphatic heterocycles. The fourth-order valence-electron chi connectivity index (χ4n) is 1.74. The van der Waals surface area contributed by atoms with E-state index in [4.69, 9.17) is 0 Å². The minimum Gasteiger partial charge on any atom is -0.375 e. The molecule has 0 unspecified atom stereocenters. The number of hydrogen-bond donors (Lipinski definition) is 1. The fourth-order valence-corrected chi connectivity index (χ4v) is 2.59. The van der Waals surface area contributed by atoms with Gasteiger partial charge in [0.15, 0.2) is 0 Å². The van der Waals surface area contributed by atoms with E-state index >= 15 is 0 Å². The highest BCUT2D eigenvalue weighted by Crippen LogP contribution is 2.36. The van der Waals surface area contributed by atoms with Crippen LogP contribution in [0, 0.1) is 4.91 Å². The van der Waals surface area contributed by atoms with E-state index in [-0.39, 0.29) is 0 Å². The first kappa shape index (κ1) is 8.61. The summed E-state index contributed by atoms with van der Waals surface area (Å²) in [6, 6.07) is 9.56. The van der Waals surface area contributed by atoms with Crippen LogP contribution in [0.3, 0.4) is 0 Å². The minimum atomic E-state index is 0.693. The molecule has 2 aromatic rings. The largest absolute Gasteiger partial charge is 0.375 e. The Balaban J connectivity index is 2.22. The summed E-state index contributed by atoms with van der Waals surface area (Å²) in [4.78, 5) is 12.1. The van der Waals surface area contributed by atoms with Gasteiger partial charge in [-0.1, -0.05) is 23.5 Å². The van der Waals surface area contributed by atoms with Crippen LogP contribution < -0.4 is 10.1 Å². The molecule has 3 rings (SSSR count). The molecular weight excluding hydrogens is 208 g/mol. The van der Waals surface area contributed by atoms with Gasteiger partial charge in [-0.2, -0.15) is 0 Å². The topological polar surface area (TPSA) is 32.1 Å². The molecule has 4 heteroatoms. The average Bonchev–Trinajstić information content (AvgIpc) is 2.69. The van der Waals surface area contributed by atoms with Crippen molar-refractivity contribution in [3.8, 4) is 0 Å². The molecular formula is C11H9N2OS+. The third kappa shape index (κ3) is 1.26. The summed E-state index contributed by atoms with van der Waals surface area (Å²) in [6.45, 7) is 0.717. The molecule has 1 aromatic carbocycles. The summed E-state index contributed by atoms with van der Waals surface area (Å²) in [5, 5.41) is 6.00.